The fourth-order valence-electron chi connectivity index (χ4n) is 3.11. The number of hydrogen-bond acceptors (Lipinski definition) is 5. The van der Waals surface area contributed by atoms with Crippen LogP contribution in [0.25, 0.3) is 0 Å². The summed E-state index contributed by atoms with van der Waals surface area (Å²) in [5.74, 6) is 3.11. The molecular weight excluding hydrogens is 359 g/mol. The molecule has 0 bridgehead atoms. The van der Waals surface area contributed by atoms with Crippen molar-refractivity contribution >= 4 is 30.6 Å². The number of halogens is 2. The number of imidazole rings is 1. The number of nitrogens with zero attached hydrogens (tertiary/aromatic N) is 4. The molecule has 0 radical (unpaired) electrons. The minimum Gasteiger partial charge on any atom is -0.370 e. The maximum Gasteiger partial charge on any atom is 0.134 e. The second kappa shape index (κ2) is 8.83. The van der Waals surface area contributed by atoms with Crippen molar-refractivity contribution in [3.05, 3.63) is 36.3 Å². The lowest BCUT2D eigenvalue weighted by Gasteiger charge is -2.32. The molecule has 3 N–H and O–H groups in total. The number of rotatable bonds is 7. The summed E-state index contributed by atoms with van der Waals surface area (Å²) in [6.07, 6.45) is 11.3. The van der Waals surface area contributed by atoms with Gasteiger partial charge in [-0.3, -0.25) is 0 Å². The first kappa shape index (κ1) is 19.9. The summed E-state index contributed by atoms with van der Waals surface area (Å²) >= 11 is 0. The van der Waals surface area contributed by atoms with Gasteiger partial charge in [0, 0.05) is 55.1 Å². The highest BCUT2D eigenvalue weighted by Crippen LogP contribution is 2.41. The van der Waals surface area contributed by atoms with E-state index in [2.05, 4.69) is 20.9 Å². The van der Waals surface area contributed by atoms with Crippen LogP contribution in [-0.2, 0) is 6.54 Å². The van der Waals surface area contributed by atoms with Gasteiger partial charge in [-0.15, -0.1) is 24.8 Å². The fraction of sp³-hybridized carbons (Fsp3) is 0.588. The van der Waals surface area contributed by atoms with Gasteiger partial charge >= 0.3 is 0 Å². The molecule has 0 amide bonds. The Bertz CT molecular complexity index is 653. The second-order valence-electron chi connectivity index (χ2n) is 6.82. The number of aryl methyl sites for hydroxylation is 1. The second-order valence-corrected chi connectivity index (χ2v) is 6.82. The predicted octanol–water partition coefficient (Wildman–Crippen LogP) is 3.10. The Morgan fingerprint density at radius 2 is 1.96 bits per heavy atom. The van der Waals surface area contributed by atoms with Gasteiger partial charge < -0.3 is 15.6 Å². The average molecular weight is 385 g/mol. The molecule has 6 nitrogen and oxygen atoms in total. The van der Waals surface area contributed by atoms with E-state index in [0.717, 1.165) is 44.0 Å². The first-order valence-corrected chi connectivity index (χ1v) is 8.62. The van der Waals surface area contributed by atoms with Crippen molar-refractivity contribution in [2.24, 2.45) is 5.73 Å². The molecule has 0 atom stereocenters. The van der Waals surface area contributed by atoms with Crippen molar-refractivity contribution in [2.75, 3.05) is 11.9 Å². The lowest BCUT2D eigenvalue weighted by atomic mass is 9.78. The van der Waals surface area contributed by atoms with Crippen LogP contribution in [0.1, 0.15) is 55.5 Å². The van der Waals surface area contributed by atoms with Crippen LogP contribution < -0.4 is 11.1 Å². The number of nitrogens with one attached hydrogen (secondary N) is 1. The van der Waals surface area contributed by atoms with Crippen LogP contribution >= 0.6 is 24.8 Å². The summed E-state index contributed by atoms with van der Waals surface area (Å²) < 4.78 is 2.10. The molecule has 4 rings (SSSR count). The Morgan fingerprint density at radius 3 is 2.60 bits per heavy atom. The Morgan fingerprint density at radius 1 is 1.16 bits per heavy atom. The average Bonchev–Trinajstić information content (AvgIpc) is 3.25. The van der Waals surface area contributed by atoms with E-state index in [-0.39, 0.29) is 24.8 Å². The standard InChI is InChI=1S/C17H24N6.2ClH/c18-14-8-13(9-14)15-10-16(22-17(21-15)12-2-3-12)20-4-1-6-23-7-5-19-11-23;;/h5,7,10-14H,1-4,6,8-9,18H2,(H,20,21,22);2*1H. The lowest BCUT2D eigenvalue weighted by Crippen LogP contribution is -2.35. The zero-order chi connectivity index (χ0) is 15.6. The first-order chi connectivity index (χ1) is 11.3. The van der Waals surface area contributed by atoms with Gasteiger partial charge in [0.05, 0.1) is 6.33 Å². The normalized spacial score (nSPS) is 21.6. The van der Waals surface area contributed by atoms with Crippen LogP contribution in [0.5, 0.6) is 0 Å². The number of nitrogens with two attached hydrogens (primary N) is 1. The maximum atomic E-state index is 5.93. The molecule has 2 aliphatic rings. The molecule has 0 spiro atoms. The first-order valence-electron chi connectivity index (χ1n) is 8.62. The van der Waals surface area contributed by atoms with Crippen molar-refractivity contribution in [2.45, 2.75) is 56.5 Å². The van der Waals surface area contributed by atoms with Crippen LogP contribution in [0.2, 0.25) is 0 Å². The van der Waals surface area contributed by atoms with Gasteiger partial charge in [-0.05, 0) is 32.1 Å². The zero-order valence-electron chi connectivity index (χ0n) is 14.2. The third kappa shape index (κ3) is 5.06. The maximum absolute atomic E-state index is 5.93. The Labute approximate surface area is 160 Å². The number of anilines is 1. The van der Waals surface area contributed by atoms with E-state index in [1.165, 1.54) is 18.5 Å². The molecule has 2 heterocycles. The number of hydrogen-bond donors (Lipinski definition) is 2. The van der Waals surface area contributed by atoms with Gasteiger partial charge in [0.15, 0.2) is 0 Å². The van der Waals surface area contributed by atoms with Crippen LogP contribution in [-0.4, -0.2) is 32.1 Å². The highest BCUT2D eigenvalue weighted by molar-refractivity contribution is 5.85. The molecule has 2 aromatic rings. The zero-order valence-corrected chi connectivity index (χ0v) is 15.8. The summed E-state index contributed by atoms with van der Waals surface area (Å²) in [5, 5.41) is 3.47. The molecule has 2 aliphatic carbocycles. The topological polar surface area (TPSA) is 81.6 Å². The smallest absolute Gasteiger partial charge is 0.134 e. The van der Waals surface area contributed by atoms with E-state index in [9.17, 15) is 0 Å². The minimum atomic E-state index is 0. The van der Waals surface area contributed by atoms with E-state index < -0.39 is 0 Å². The summed E-state index contributed by atoms with van der Waals surface area (Å²) in [7, 11) is 0. The predicted molar refractivity (Wildman–Crippen MR) is 104 cm³/mol. The molecule has 0 aromatic carbocycles. The van der Waals surface area contributed by atoms with Gasteiger partial charge in [0.2, 0.25) is 0 Å². The van der Waals surface area contributed by atoms with E-state index in [0.29, 0.717) is 17.9 Å². The molecule has 138 valence electrons. The molecule has 25 heavy (non-hydrogen) atoms. The molecule has 2 fully saturated rings. The largest absolute Gasteiger partial charge is 0.370 e. The Balaban J connectivity index is 0.00000113. The summed E-state index contributed by atoms with van der Waals surface area (Å²) in [6, 6.07) is 2.48. The Kier molecular flexibility index (Phi) is 7.04. The van der Waals surface area contributed by atoms with Crippen molar-refractivity contribution in [1.29, 1.82) is 0 Å². The molecule has 2 saturated carbocycles. The van der Waals surface area contributed by atoms with Gasteiger partial charge in [-0.1, -0.05) is 0 Å². The summed E-state index contributed by atoms with van der Waals surface area (Å²) in [4.78, 5) is 13.6. The van der Waals surface area contributed by atoms with E-state index >= 15 is 0 Å². The quantitative estimate of drug-likeness (QED) is 0.716. The third-order valence-corrected chi connectivity index (χ3v) is 4.76. The molecule has 0 unspecified atom stereocenters. The molecule has 2 aromatic heterocycles. The van der Waals surface area contributed by atoms with E-state index in [4.69, 9.17) is 15.7 Å². The molecule has 0 aliphatic heterocycles. The Hall–Kier alpha value is -1.37. The monoisotopic (exact) mass is 384 g/mol. The van der Waals surface area contributed by atoms with Gasteiger partial charge in [-0.2, -0.15) is 0 Å². The summed E-state index contributed by atoms with van der Waals surface area (Å²) in [6.45, 7) is 1.88. The minimum absolute atomic E-state index is 0. The van der Waals surface area contributed by atoms with Crippen LogP contribution in [0.15, 0.2) is 24.8 Å². The van der Waals surface area contributed by atoms with Crippen LogP contribution in [0.3, 0.4) is 0 Å². The third-order valence-electron chi connectivity index (χ3n) is 4.76. The highest BCUT2D eigenvalue weighted by atomic mass is 35.5. The van der Waals surface area contributed by atoms with Crippen molar-refractivity contribution < 1.29 is 0 Å². The number of aromatic nitrogens is 4. The molecule has 0 saturated heterocycles. The van der Waals surface area contributed by atoms with E-state index in [1.54, 1.807) is 0 Å². The SMILES string of the molecule is Cl.Cl.NC1CC(c2cc(NCCCn3ccnc3)nc(C3CC3)n2)C1. The van der Waals surface area contributed by atoms with Crippen molar-refractivity contribution in [1.82, 2.24) is 19.5 Å². The highest BCUT2D eigenvalue weighted by Gasteiger charge is 2.32. The molecule has 8 heteroatoms. The summed E-state index contributed by atoms with van der Waals surface area (Å²) in [5.41, 5.74) is 7.11. The molecular formula is C17H26Cl2N6. The van der Waals surface area contributed by atoms with E-state index in [1.807, 2.05) is 18.7 Å². The van der Waals surface area contributed by atoms with Crippen molar-refractivity contribution in [3.8, 4) is 0 Å². The van der Waals surface area contributed by atoms with Crippen molar-refractivity contribution in [3.63, 3.8) is 0 Å². The van der Waals surface area contributed by atoms with Gasteiger partial charge in [0.1, 0.15) is 11.6 Å². The lowest BCUT2D eigenvalue weighted by molar-refractivity contribution is 0.344. The van der Waals surface area contributed by atoms with Gasteiger partial charge in [0.25, 0.3) is 0 Å². The fourth-order valence-corrected chi connectivity index (χ4v) is 3.11. The van der Waals surface area contributed by atoms with Crippen LogP contribution in [0.4, 0.5) is 5.82 Å². The van der Waals surface area contributed by atoms with Crippen LogP contribution in [0, 0.1) is 0 Å². The van der Waals surface area contributed by atoms with Gasteiger partial charge in [-0.25, -0.2) is 15.0 Å².